The molecular formula is C13H11BrN6O. The fourth-order valence-electron chi connectivity index (χ4n) is 1.86. The van der Waals surface area contributed by atoms with E-state index in [0.717, 1.165) is 15.9 Å². The molecule has 8 heteroatoms. The lowest BCUT2D eigenvalue weighted by Crippen LogP contribution is -2.17. The number of H-pyrrole nitrogens is 1. The quantitative estimate of drug-likeness (QED) is 0.733. The molecule has 1 aromatic carbocycles. The van der Waals surface area contributed by atoms with Gasteiger partial charge in [0.15, 0.2) is 0 Å². The fourth-order valence-corrected chi connectivity index (χ4v) is 2.13. The van der Waals surface area contributed by atoms with Gasteiger partial charge in [-0.25, -0.2) is 9.36 Å². The molecule has 0 aliphatic heterocycles. The Labute approximate surface area is 128 Å². The molecule has 0 atom stereocenters. The van der Waals surface area contributed by atoms with Crippen molar-refractivity contribution in [2.45, 2.75) is 6.92 Å². The van der Waals surface area contributed by atoms with Crippen LogP contribution in [0.3, 0.4) is 0 Å². The minimum atomic E-state index is -0.161. The summed E-state index contributed by atoms with van der Waals surface area (Å²) in [6.07, 6.45) is 4.39. The van der Waals surface area contributed by atoms with Gasteiger partial charge < -0.3 is 0 Å². The summed E-state index contributed by atoms with van der Waals surface area (Å²) >= 11 is 3.37. The van der Waals surface area contributed by atoms with Crippen LogP contribution in [-0.4, -0.2) is 30.9 Å². The second kappa shape index (κ2) is 5.49. The predicted molar refractivity (Wildman–Crippen MR) is 81.8 cm³/mol. The number of nitrogens with zero attached hydrogens (tertiary/aromatic N) is 5. The molecule has 0 radical (unpaired) electrons. The zero-order valence-electron chi connectivity index (χ0n) is 11.1. The van der Waals surface area contributed by atoms with Crippen molar-refractivity contribution in [2.24, 2.45) is 5.10 Å². The minimum absolute atomic E-state index is 0.161. The molecule has 0 bridgehead atoms. The van der Waals surface area contributed by atoms with Crippen LogP contribution in [0.25, 0.3) is 5.69 Å². The highest BCUT2D eigenvalue weighted by Crippen LogP contribution is 2.13. The first kappa shape index (κ1) is 13.5. The van der Waals surface area contributed by atoms with Gasteiger partial charge in [-0.05, 0) is 31.2 Å². The zero-order valence-corrected chi connectivity index (χ0v) is 12.6. The van der Waals surface area contributed by atoms with Gasteiger partial charge >= 0.3 is 0 Å². The molecule has 0 amide bonds. The number of hydrogen-bond donors (Lipinski definition) is 1. The van der Waals surface area contributed by atoms with Gasteiger partial charge in [0.25, 0.3) is 5.56 Å². The van der Waals surface area contributed by atoms with Crippen LogP contribution in [0, 0.1) is 6.92 Å². The molecule has 3 aromatic rings. The van der Waals surface area contributed by atoms with Crippen LogP contribution < -0.4 is 5.56 Å². The molecule has 3 rings (SSSR count). The van der Waals surface area contributed by atoms with Crippen molar-refractivity contribution in [2.75, 3.05) is 0 Å². The van der Waals surface area contributed by atoms with E-state index in [1.165, 1.54) is 28.2 Å². The summed E-state index contributed by atoms with van der Waals surface area (Å²) in [5.74, 6) is 0. The van der Waals surface area contributed by atoms with E-state index in [0.29, 0.717) is 5.56 Å². The summed E-state index contributed by atoms with van der Waals surface area (Å²) in [5.41, 5.74) is 1.83. The van der Waals surface area contributed by atoms with Crippen LogP contribution in [0.15, 0.2) is 51.3 Å². The molecule has 0 saturated heterocycles. The SMILES string of the molecule is Cc1[nH]n(-c2ccc(Br)cc2)c(=O)c1C=Nn1cnnc1. The number of nitrogens with one attached hydrogen (secondary N) is 1. The normalized spacial score (nSPS) is 11.3. The van der Waals surface area contributed by atoms with Gasteiger partial charge in [-0.3, -0.25) is 9.89 Å². The number of rotatable bonds is 3. The molecule has 0 aliphatic carbocycles. The van der Waals surface area contributed by atoms with E-state index in [1.54, 1.807) is 0 Å². The van der Waals surface area contributed by atoms with Crippen LogP contribution in [0.2, 0.25) is 0 Å². The van der Waals surface area contributed by atoms with Crippen LogP contribution in [-0.2, 0) is 0 Å². The van der Waals surface area contributed by atoms with Gasteiger partial charge in [-0.2, -0.15) is 5.10 Å². The first-order valence-electron chi connectivity index (χ1n) is 6.11. The smallest absolute Gasteiger partial charge is 0.280 e. The van der Waals surface area contributed by atoms with Gasteiger partial charge in [0.1, 0.15) is 12.7 Å². The number of benzene rings is 1. The lowest BCUT2D eigenvalue weighted by molar-refractivity contribution is 0.835. The van der Waals surface area contributed by atoms with Crippen molar-refractivity contribution in [3.05, 3.63) is 63.0 Å². The van der Waals surface area contributed by atoms with Crippen LogP contribution in [0.1, 0.15) is 11.3 Å². The van der Waals surface area contributed by atoms with Crippen molar-refractivity contribution in [3.63, 3.8) is 0 Å². The Bertz CT molecular complexity index is 829. The summed E-state index contributed by atoms with van der Waals surface area (Å²) in [4.78, 5) is 12.4. The standard InChI is InChI=1S/C13H11BrN6O/c1-9-12(6-17-19-7-15-16-8-19)13(21)20(18-9)11-4-2-10(14)3-5-11/h2-8,18H,1H3. The first-order chi connectivity index (χ1) is 10.1. The van der Waals surface area contributed by atoms with Gasteiger partial charge in [-0.1, -0.05) is 15.9 Å². The molecule has 21 heavy (non-hydrogen) atoms. The van der Waals surface area contributed by atoms with E-state index in [2.05, 4.69) is 36.3 Å². The van der Waals surface area contributed by atoms with Crippen molar-refractivity contribution >= 4 is 22.1 Å². The van der Waals surface area contributed by atoms with Gasteiger partial charge in [-0.15, -0.1) is 10.2 Å². The Kier molecular flexibility index (Phi) is 3.53. The Morgan fingerprint density at radius 1 is 1.24 bits per heavy atom. The first-order valence-corrected chi connectivity index (χ1v) is 6.91. The van der Waals surface area contributed by atoms with Gasteiger partial charge in [0.05, 0.1) is 17.5 Å². The highest BCUT2D eigenvalue weighted by Gasteiger charge is 2.10. The Hall–Kier alpha value is -2.48. The molecular weight excluding hydrogens is 336 g/mol. The van der Waals surface area contributed by atoms with E-state index < -0.39 is 0 Å². The maximum atomic E-state index is 12.4. The monoisotopic (exact) mass is 346 g/mol. The predicted octanol–water partition coefficient (Wildman–Crippen LogP) is 1.71. The number of aromatic amines is 1. The van der Waals surface area contributed by atoms with Crippen LogP contribution in [0.4, 0.5) is 0 Å². The lowest BCUT2D eigenvalue weighted by Gasteiger charge is -2.00. The molecule has 0 saturated carbocycles. The second-order valence-electron chi connectivity index (χ2n) is 4.35. The van der Waals surface area contributed by atoms with E-state index in [1.807, 2.05) is 31.2 Å². The number of aryl methyl sites for hydroxylation is 1. The Balaban J connectivity index is 2.00. The van der Waals surface area contributed by atoms with Gasteiger partial charge in [0, 0.05) is 10.2 Å². The van der Waals surface area contributed by atoms with Crippen LogP contribution >= 0.6 is 15.9 Å². The molecule has 0 spiro atoms. The summed E-state index contributed by atoms with van der Waals surface area (Å²) in [5, 5.41) is 14.4. The lowest BCUT2D eigenvalue weighted by atomic mass is 10.3. The number of hydrogen-bond acceptors (Lipinski definition) is 4. The third-order valence-corrected chi connectivity index (χ3v) is 3.46. The molecule has 2 heterocycles. The molecule has 7 nitrogen and oxygen atoms in total. The third kappa shape index (κ3) is 2.70. The zero-order chi connectivity index (χ0) is 14.8. The highest BCUT2D eigenvalue weighted by atomic mass is 79.9. The molecule has 1 N–H and O–H groups in total. The van der Waals surface area contributed by atoms with E-state index in [-0.39, 0.29) is 5.56 Å². The molecule has 106 valence electrons. The molecule has 0 fully saturated rings. The summed E-state index contributed by atoms with van der Waals surface area (Å²) in [6.45, 7) is 1.82. The van der Waals surface area contributed by atoms with Gasteiger partial charge in [0.2, 0.25) is 0 Å². The Morgan fingerprint density at radius 3 is 2.57 bits per heavy atom. The highest BCUT2D eigenvalue weighted by molar-refractivity contribution is 9.10. The van der Waals surface area contributed by atoms with Crippen molar-refractivity contribution < 1.29 is 0 Å². The largest absolute Gasteiger partial charge is 0.295 e. The molecule has 0 unspecified atom stereocenters. The Morgan fingerprint density at radius 2 is 1.90 bits per heavy atom. The minimum Gasteiger partial charge on any atom is -0.295 e. The average Bonchev–Trinajstić information content (AvgIpc) is 3.07. The van der Waals surface area contributed by atoms with Crippen molar-refractivity contribution in [1.82, 2.24) is 24.7 Å². The summed E-state index contributed by atoms with van der Waals surface area (Å²) in [7, 11) is 0. The van der Waals surface area contributed by atoms with Crippen molar-refractivity contribution in [3.8, 4) is 5.69 Å². The third-order valence-electron chi connectivity index (χ3n) is 2.93. The van der Waals surface area contributed by atoms with E-state index in [4.69, 9.17) is 0 Å². The summed E-state index contributed by atoms with van der Waals surface area (Å²) in [6, 6.07) is 7.45. The second-order valence-corrected chi connectivity index (χ2v) is 5.27. The fraction of sp³-hybridized carbons (Fsp3) is 0.0769. The summed E-state index contributed by atoms with van der Waals surface area (Å²) < 4.78 is 3.86. The molecule has 0 aliphatic rings. The maximum absolute atomic E-state index is 12.4. The average molecular weight is 347 g/mol. The molecule has 2 aromatic heterocycles. The number of aromatic nitrogens is 5. The van der Waals surface area contributed by atoms with Crippen LogP contribution in [0.5, 0.6) is 0 Å². The van der Waals surface area contributed by atoms with E-state index in [9.17, 15) is 4.79 Å². The maximum Gasteiger partial charge on any atom is 0.280 e. The number of halogens is 1. The topological polar surface area (TPSA) is 80.9 Å². The van der Waals surface area contributed by atoms with E-state index >= 15 is 0 Å². The van der Waals surface area contributed by atoms with Crippen molar-refractivity contribution in [1.29, 1.82) is 0 Å².